The lowest BCUT2D eigenvalue weighted by Gasteiger charge is -2.37. The summed E-state index contributed by atoms with van der Waals surface area (Å²) >= 11 is 0. The molecule has 0 aromatic carbocycles. The van der Waals surface area contributed by atoms with E-state index in [0.29, 0.717) is 11.5 Å². The molecule has 0 fully saturated rings. The van der Waals surface area contributed by atoms with Crippen LogP contribution in [0.3, 0.4) is 0 Å². The maximum atomic E-state index is 3.65. The first-order chi connectivity index (χ1) is 9.40. The largest absolute Gasteiger partial charge is 0.314 e. The minimum absolute atomic E-state index is 0.404. The Labute approximate surface area is 128 Å². The molecule has 2 heteroatoms. The van der Waals surface area contributed by atoms with Gasteiger partial charge in [-0.1, -0.05) is 67.7 Å². The van der Waals surface area contributed by atoms with Gasteiger partial charge in [0.25, 0.3) is 0 Å². The molecule has 0 aromatic heterocycles. The molecule has 0 saturated heterocycles. The van der Waals surface area contributed by atoms with Crippen molar-refractivity contribution in [3.05, 3.63) is 0 Å². The zero-order chi connectivity index (χ0) is 15.6. The van der Waals surface area contributed by atoms with Crippen molar-refractivity contribution in [2.24, 2.45) is 11.3 Å². The predicted molar refractivity (Wildman–Crippen MR) is 92.3 cm³/mol. The second-order valence-corrected chi connectivity index (χ2v) is 7.11. The molecule has 0 radical (unpaired) electrons. The summed E-state index contributed by atoms with van der Waals surface area (Å²) < 4.78 is 0. The first-order valence-electron chi connectivity index (χ1n) is 8.86. The highest BCUT2D eigenvalue weighted by Crippen LogP contribution is 2.25. The quantitative estimate of drug-likeness (QED) is 0.565. The second-order valence-electron chi connectivity index (χ2n) is 7.11. The Morgan fingerprint density at radius 1 is 1.05 bits per heavy atom. The van der Waals surface area contributed by atoms with Crippen LogP contribution >= 0.6 is 0 Å². The van der Waals surface area contributed by atoms with Gasteiger partial charge < -0.3 is 10.2 Å². The van der Waals surface area contributed by atoms with Crippen molar-refractivity contribution in [3.63, 3.8) is 0 Å². The maximum Gasteiger partial charge on any atom is 0.00475 e. The molecule has 0 bridgehead atoms. The molecular weight excluding hydrogens is 244 g/mol. The van der Waals surface area contributed by atoms with Crippen molar-refractivity contribution >= 4 is 0 Å². The van der Waals surface area contributed by atoms with Gasteiger partial charge in [-0.25, -0.2) is 0 Å². The van der Waals surface area contributed by atoms with Gasteiger partial charge in [-0.15, -0.1) is 0 Å². The number of hydrogen-bond donors (Lipinski definition) is 1. The van der Waals surface area contributed by atoms with E-state index >= 15 is 0 Å². The Bertz CT molecular complexity index is 223. The molecule has 1 atom stereocenters. The van der Waals surface area contributed by atoms with E-state index in [-0.39, 0.29) is 0 Å². The molecule has 20 heavy (non-hydrogen) atoms. The molecule has 0 aromatic rings. The molecule has 0 heterocycles. The summed E-state index contributed by atoms with van der Waals surface area (Å²) in [5.74, 6) is 0.860. The second kappa shape index (κ2) is 10.6. The van der Waals surface area contributed by atoms with Gasteiger partial charge in [0, 0.05) is 25.7 Å². The first-order valence-corrected chi connectivity index (χ1v) is 8.86. The monoisotopic (exact) mass is 284 g/mol. The van der Waals surface area contributed by atoms with E-state index in [1.54, 1.807) is 0 Å². The van der Waals surface area contributed by atoms with E-state index in [4.69, 9.17) is 0 Å². The summed E-state index contributed by atoms with van der Waals surface area (Å²) in [7, 11) is 0. The summed E-state index contributed by atoms with van der Waals surface area (Å²) in [5, 5.41) is 3.65. The van der Waals surface area contributed by atoms with E-state index < -0.39 is 0 Å². The van der Waals surface area contributed by atoms with Crippen LogP contribution in [0.5, 0.6) is 0 Å². The number of rotatable bonds is 12. The maximum absolute atomic E-state index is 3.65. The SMILES string of the molecule is CCCC(C)(CNC(C)C)CN(CC)CC(CC)CC. The van der Waals surface area contributed by atoms with Gasteiger partial charge in [0.15, 0.2) is 0 Å². The molecule has 0 aliphatic carbocycles. The smallest absolute Gasteiger partial charge is 0.00475 e. The topological polar surface area (TPSA) is 15.3 Å². The zero-order valence-electron chi connectivity index (χ0n) is 15.3. The molecule has 1 unspecified atom stereocenters. The molecule has 0 amide bonds. The van der Waals surface area contributed by atoms with Gasteiger partial charge in [-0.3, -0.25) is 0 Å². The van der Waals surface area contributed by atoms with Gasteiger partial charge in [0.05, 0.1) is 0 Å². The highest BCUT2D eigenvalue weighted by Gasteiger charge is 2.26. The van der Waals surface area contributed by atoms with Gasteiger partial charge in [-0.05, 0) is 24.3 Å². The summed E-state index contributed by atoms with van der Waals surface area (Å²) in [6.45, 7) is 21.0. The molecule has 0 saturated carbocycles. The fourth-order valence-electron chi connectivity index (χ4n) is 3.03. The van der Waals surface area contributed by atoms with E-state index in [1.807, 2.05) is 0 Å². The number of nitrogens with zero attached hydrogens (tertiary/aromatic N) is 1. The molecule has 0 aliphatic rings. The number of hydrogen-bond acceptors (Lipinski definition) is 2. The van der Waals surface area contributed by atoms with Crippen molar-refractivity contribution < 1.29 is 0 Å². The Morgan fingerprint density at radius 3 is 2.05 bits per heavy atom. The zero-order valence-corrected chi connectivity index (χ0v) is 15.3. The molecule has 122 valence electrons. The van der Waals surface area contributed by atoms with Crippen molar-refractivity contribution in [3.8, 4) is 0 Å². The van der Waals surface area contributed by atoms with Crippen LogP contribution in [0.1, 0.15) is 74.1 Å². The van der Waals surface area contributed by atoms with Gasteiger partial charge >= 0.3 is 0 Å². The Hall–Kier alpha value is -0.0800. The minimum Gasteiger partial charge on any atom is -0.314 e. The normalized spacial score (nSPS) is 15.3. The minimum atomic E-state index is 0.404. The summed E-state index contributed by atoms with van der Waals surface area (Å²) in [6, 6.07) is 0.584. The first kappa shape index (κ1) is 19.9. The van der Waals surface area contributed by atoms with Crippen LogP contribution in [-0.2, 0) is 0 Å². The van der Waals surface area contributed by atoms with Gasteiger partial charge in [-0.2, -0.15) is 0 Å². The third-order valence-corrected chi connectivity index (χ3v) is 4.51. The van der Waals surface area contributed by atoms with Crippen LogP contribution in [-0.4, -0.2) is 37.1 Å². The highest BCUT2D eigenvalue weighted by molar-refractivity contribution is 4.82. The highest BCUT2D eigenvalue weighted by atomic mass is 15.1. The van der Waals surface area contributed by atoms with Crippen molar-refractivity contribution in [2.45, 2.75) is 80.2 Å². The van der Waals surface area contributed by atoms with E-state index in [2.05, 4.69) is 58.7 Å². The third kappa shape index (κ3) is 8.26. The summed E-state index contributed by atoms with van der Waals surface area (Å²) in [4.78, 5) is 2.68. The van der Waals surface area contributed by atoms with Crippen molar-refractivity contribution in [1.82, 2.24) is 10.2 Å². The lowest BCUT2D eigenvalue weighted by molar-refractivity contribution is 0.133. The van der Waals surface area contributed by atoms with Crippen LogP contribution in [0.2, 0.25) is 0 Å². The Balaban J connectivity index is 4.57. The van der Waals surface area contributed by atoms with Crippen LogP contribution in [0, 0.1) is 11.3 Å². The fraction of sp³-hybridized carbons (Fsp3) is 1.00. The third-order valence-electron chi connectivity index (χ3n) is 4.51. The lowest BCUT2D eigenvalue weighted by Crippen LogP contribution is -2.45. The lowest BCUT2D eigenvalue weighted by atomic mass is 9.84. The van der Waals surface area contributed by atoms with Crippen molar-refractivity contribution in [2.75, 3.05) is 26.2 Å². The van der Waals surface area contributed by atoms with Crippen molar-refractivity contribution in [1.29, 1.82) is 0 Å². The molecular formula is C18H40N2. The summed E-state index contributed by atoms with van der Waals surface area (Å²) in [6.07, 6.45) is 5.20. The molecule has 2 nitrogen and oxygen atoms in total. The number of nitrogens with one attached hydrogen (secondary N) is 1. The average Bonchev–Trinajstić information content (AvgIpc) is 2.41. The standard InChI is InChI=1S/C18H40N2/c1-8-12-18(7,14-19-16(5)6)15-20(11-4)13-17(9-2)10-3/h16-17,19H,8-15H2,1-7H3. The Kier molecular flexibility index (Phi) is 10.6. The Morgan fingerprint density at radius 2 is 1.65 bits per heavy atom. The molecule has 0 spiro atoms. The van der Waals surface area contributed by atoms with Crippen LogP contribution in [0.15, 0.2) is 0 Å². The molecule has 0 rings (SSSR count). The van der Waals surface area contributed by atoms with E-state index in [9.17, 15) is 0 Å². The predicted octanol–water partition coefficient (Wildman–Crippen LogP) is 4.55. The molecule has 0 aliphatic heterocycles. The van der Waals surface area contributed by atoms with E-state index in [0.717, 1.165) is 12.5 Å². The van der Waals surface area contributed by atoms with Crippen LogP contribution in [0.4, 0.5) is 0 Å². The van der Waals surface area contributed by atoms with Gasteiger partial charge in [0.1, 0.15) is 0 Å². The van der Waals surface area contributed by atoms with Gasteiger partial charge in [0.2, 0.25) is 0 Å². The fourth-order valence-corrected chi connectivity index (χ4v) is 3.03. The van der Waals surface area contributed by atoms with E-state index in [1.165, 1.54) is 45.3 Å². The summed E-state index contributed by atoms with van der Waals surface area (Å²) in [5.41, 5.74) is 0.404. The van der Waals surface area contributed by atoms with Crippen LogP contribution in [0.25, 0.3) is 0 Å². The average molecular weight is 285 g/mol. The van der Waals surface area contributed by atoms with Crippen LogP contribution < -0.4 is 5.32 Å². The molecule has 1 N–H and O–H groups in total.